The maximum atomic E-state index is 10.1. The quantitative estimate of drug-likeness (QED) is 0.400. The van der Waals surface area contributed by atoms with Crippen molar-refractivity contribution in [2.45, 2.75) is 19.6 Å². The maximum Gasteiger partial charge on any atom is 0.240 e. The first-order valence-corrected chi connectivity index (χ1v) is 7.72. The van der Waals surface area contributed by atoms with Gasteiger partial charge >= 0.3 is 0 Å². The Hall–Kier alpha value is -1.18. The highest BCUT2D eigenvalue weighted by molar-refractivity contribution is 6.88. The molecule has 0 saturated carbocycles. The molecule has 2 nitrogen and oxygen atoms in total. The zero-order valence-corrected chi connectivity index (χ0v) is 9.16. The van der Waals surface area contributed by atoms with Gasteiger partial charge < -0.3 is 0 Å². The van der Waals surface area contributed by atoms with E-state index < -0.39 is 8.07 Å². The molecule has 13 heavy (non-hydrogen) atoms. The van der Waals surface area contributed by atoms with Crippen molar-refractivity contribution in [1.82, 2.24) is 0 Å². The molecule has 0 N–H and O–H groups in total. The van der Waals surface area contributed by atoms with Gasteiger partial charge in [-0.1, -0.05) is 37.0 Å². The van der Waals surface area contributed by atoms with Crippen LogP contribution in [0.15, 0.2) is 29.3 Å². The molecule has 0 atom stereocenters. The average molecular weight is 191 g/mol. The molecule has 0 aliphatic carbocycles. The summed E-state index contributed by atoms with van der Waals surface area (Å²) in [6.07, 6.45) is 1.55. The summed E-state index contributed by atoms with van der Waals surface area (Å²) in [5, 5.41) is 1.31. The fourth-order valence-electron chi connectivity index (χ4n) is 1.09. The van der Waals surface area contributed by atoms with Crippen molar-refractivity contribution in [2.24, 2.45) is 4.99 Å². The lowest BCUT2D eigenvalue weighted by Crippen LogP contribution is -2.37. The van der Waals surface area contributed by atoms with E-state index in [2.05, 4.69) is 30.7 Å². The van der Waals surface area contributed by atoms with Crippen molar-refractivity contribution in [1.29, 1.82) is 0 Å². The van der Waals surface area contributed by atoms with Crippen LogP contribution in [0.2, 0.25) is 19.6 Å². The van der Waals surface area contributed by atoms with Crippen LogP contribution >= 0.6 is 0 Å². The first kappa shape index (κ1) is 9.90. The van der Waals surface area contributed by atoms with E-state index in [1.165, 1.54) is 5.19 Å². The van der Waals surface area contributed by atoms with Gasteiger partial charge in [0, 0.05) is 0 Å². The minimum atomic E-state index is -1.28. The molecule has 0 amide bonds. The van der Waals surface area contributed by atoms with Gasteiger partial charge in [-0.15, -0.1) is 0 Å². The van der Waals surface area contributed by atoms with E-state index in [0.717, 1.165) is 0 Å². The molecule has 3 heteroatoms. The normalized spacial score (nSPS) is 10.7. The van der Waals surface area contributed by atoms with Crippen molar-refractivity contribution in [2.75, 3.05) is 0 Å². The van der Waals surface area contributed by atoms with Crippen molar-refractivity contribution in [3.63, 3.8) is 0 Å². The van der Waals surface area contributed by atoms with Crippen LogP contribution in [0, 0.1) is 0 Å². The van der Waals surface area contributed by atoms with Crippen molar-refractivity contribution < 1.29 is 4.79 Å². The Morgan fingerprint density at radius 2 is 2.00 bits per heavy atom. The lowest BCUT2D eigenvalue weighted by Gasteiger charge is -2.16. The monoisotopic (exact) mass is 191 g/mol. The lowest BCUT2D eigenvalue weighted by atomic mass is 10.3. The van der Waals surface area contributed by atoms with Crippen molar-refractivity contribution in [3.8, 4) is 0 Å². The van der Waals surface area contributed by atoms with E-state index in [0.29, 0.717) is 5.69 Å². The number of nitrogens with zero attached hydrogens (tertiary/aromatic N) is 1. The van der Waals surface area contributed by atoms with Crippen LogP contribution in [0.3, 0.4) is 0 Å². The average Bonchev–Trinajstić information content (AvgIpc) is 2.04. The molecule has 1 aromatic carbocycles. The summed E-state index contributed by atoms with van der Waals surface area (Å²) in [5.41, 5.74) is 0.704. The third-order valence-corrected chi connectivity index (χ3v) is 3.93. The second-order valence-electron chi connectivity index (χ2n) is 4.00. The molecule has 0 aliphatic rings. The Morgan fingerprint density at radius 1 is 1.31 bits per heavy atom. The van der Waals surface area contributed by atoms with Crippen LogP contribution in [0.5, 0.6) is 0 Å². The molecule has 0 saturated heterocycles. The third-order valence-electron chi connectivity index (χ3n) is 1.89. The van der Waals surface area contributed by atoms with Gasteiger partial charge in [-0.25, -0.2) is 4.79 Å². The van der Waals surface area contributed by atoms with Crippen LogP contribution in [0.25, 0.3) is 0 Å². The van der Waals surface area contributed by atoms with Crippen LogP contribution in [-0.2, 0) is 4.79 Å². The van der Waals surface area contributed by atoms with E-state index in [9.17, 15) is 4.79 Å². The molecule has 0 fully saturated rings. The minimum Gasteiger partial charge on any atom is -0.211 e. The first-order chi connectivity index (χ1) is 6.04. The Bertz CT molecular complexity index is 348. The van der Waals surface area contributed by atoms with E-state index >= 15 is 0 Å². The standard InChI is InChI=1S/C10H13NOSi/c1-13(2,3)10-6-4-5-9(7-10)11-8-12/h4-7H,1-3H3. The summed E-state index contributed by atoms with van der Waals surface area (Å²) in [5.74, 6) is 0. The van der Waals surface area contributed by atoms with Crippen LogP contribution in [0.1, 0.15) is 0 Å². The highest BCUT2D eigenvalue weighted by atomic mass is 28.3. The number of benzene rings is 1. The summed E-state index contributed by atoms with van der Waals surface area (Å²) >= 11 is 0. The summed E-state index contributed by atoms with van der Waals surface area (Å²) < 4.78 is 0. The van der Waals surface area contributed by atoms with E-state index in [-0.39, 0.29) is 0 Å². The second-order valence-corrected chi connectivity index (χ2v) is 9.08. The molecule has 0 bridgehead atoms. The summed E-state index contributed by atoms with van der Waals surface area (Å²) in [4.78, 5) is 13.7. The molecule has 0 heterocycles. The largest absolute Gasteiger partial charge is 0.240 e. The maximum absolute atomic E-state index is 10.1. The molecule has 0 radical (unpaired) electrons. The van der Waals surface area contributed by atoms with Gasteiger partial charge in [-0.2, -0.15) is 4.99 Å². The zero-order chi connectivity index (χ0) is 9.90. The van der Waals surface area contributed by atoms with Crippen LogP contribution in [0.4, 0.5) is 5.69 Å². The van der Waals surface area contributed by atoms with Gasteiger partial charge in [-0.3, -0.25) is 0 Å². The van der Waals surface area contributed by atoms with E-state index in [1.807, 2.05) is 18.2 Å². The van der Waals surface area contributed by atoms with Gasteiger partial charge in [-0.05, 0) is 12.1 Å². The predicted octanol–water partition coefficient (Wildman–Crippen LogP) is 2.20. The highest BCUT2D eigenvalue weighted by Gasteiger charge is 2.15. The molecule has 0 aliphatic heterocycles. The summed E-state index contributed by atoms with van der Waals surface area (Å²) in [7, 11) is -1.28. The Balaban J connectivity index is 3.12. The van der Waals surface area contributed by atoms with Gasteiger partial charge in [0.1, 0.15) is 0 Å². The van der Waals surface area contributed by atoms with Gasteiger partial charge in [0.2, 0.25) is 6.08 Å². The first-order valence-electron chi connectivity index (χ1n) is 4.22. The molecular weight excluding hydrogens is 178 g/mol. The minimum absolute atomic E-state index is 0.704. The fourth-order valence-corrected chi connectivity index (χ4v) is 2.27. The molecule has 0 unspecified atom stereocenters. The molecular formula is C10H13NOSi. The zero-order valence-electron chi connectivity index (χ0n) is 8.16. The number of aliphatic imine (C=N–C) groups is 1. The van der Waals surface area contributed by atoms with E-state index in [4.69, 9.17) is 0 Å². The predicted molar refractivity (Wildman–Crippen MR) is 57.2 cm³/mol. The Labute approximate surface area is 79.3 Å². The number of rotatable bonds is 2. The topological polar surface area (TPSA) is 29.4 Å². The highest BCUT2D eigenvalue weighted by Crippen LogP contribution is 2.11. The van der Waals surface area contributed by atoms with E-state index in [1.54, 1.807) is 6.08 Å². The number of carbonyl (C=O) groups excluding carboxylic acids is 1. The summed E-state index contributed by atoms with van der Waals surface area (Å²) in [6.45, 7) is 6.78. The molecule has 1 rings (SSSR count). The SMILES string of the molecule is C[Si](C)(C)c1cccc(N=C=O)c1. The molecule has 68 valence electrons. The fraction of sp³-hybridized carbons (Fsp3) is 0.300. The number of hydrogen-bond acceptors (Lipinski definition) is 2. The second kappa shape index (κ2) is 3.69. The lowest BCUT2D eigenvalue weighted by molar-refractivity contribution is 0.565. The smallest absolute Gasteiger partial charge is 0.211 e. The van der Waals surface area contributed by atoms with Crippen molar-refractivity contribution in [3.05, 3.63) is 24.3 Å². The van der Waals surface area contributed by atoms with Gasteiger partial charge in [0.05, 0.1) is 13.8 Å². The summed E-state index contributed by atoms with van der Waals surface area (Å²) in [6, 6.07) is 7.81. The van der Waals surface area contributed by atoms with Crippen LogP contribution < -0.4 is 5.19 Å². The van der Waals surface area contributed by atoms with Gasteiger partial charge in [0.15, 0.2) is 0 Å². The van der Waals surface area contributed by atoms with Crippen molar-refractivity contribution >= 4 is 25.0 Å². The third kappa shape index (κ3) is 2.65. The van der Waals surface area contributed by atoms with Gasteiger partial charge in [0.25, 0.3) is 0 Å². The Morgan fingerprint density at radius 3 is 2.54 bits per heavy atom. The molecule has 0 spiro atoms. The number of isocyanates is 1. The van der Waals surface area contributed by atoms with Crippen LogP contribution in [-0.4, -0.2) is 14.2 Å². The molecule has 1 aromatic rings. The Kier molecular flexibility index (Phi) is 2.81. The molecule has 0 aromatic heterocycles. The number of hydrogen-bond donors (Lipinski definition) is 0.